The van der Waals surface area contributed by atoms with E-state index in [1.54, 1.807) is 0 Å². The zero-order valence-corrected chi connectivity index (χ0v) is 15.1. The number of fused-ring (bicyclic) bond motifs is 1. The van der Waals surface area contributed by atoms with Gasteiger partial charge in [0.25, 0.3) is 5.91 Å². The molecule has 5 nitrogen and oxygen atoms in total. The molecule has 142 valence electrons. The Bertz CT molecular complexity index is 1140. The van der Waals surface area contributed by atoms with Crippen LogP contribution in [-0.2, 0) is 12.7 Å². The second kappa shape index (κ2) is 7.08. The summed E-state index contributed by atoms with van der Waals surface area (Å²) in [5.41, 5.74) is 1.18. The van der Waals surface area contributed by atoms with Crippen LogP contribution in [0, 0.1) is 0 Å². The van der Waals surface area contributed by atoms with Crippen LogP contribution in [0.15, 0.2) is 60.1 Å². The number of carbonyl (C=O) groups excluding carboxylic acids is 1. The van der Waals surface area contributed by atoms with E-state index < -0.39 is 11.7 Å². The number of alkyl halides is 3. The van der Waals surface area contributed by atoms with Gasteiger partial charge >= 0.3 is 6.18 Å². The van der Waals surface area contributed by atoms with Crippen molar-refractivity contribution in [3.8, 4) is 11.1 Å². The zero-order chi connectivity index (χ0) is 19.7. The van der Waals surface area contributed by atoms with E-state index in [1.165, 1.54) is 21.8 Å². The van der Waals surface area contributed by atoms with Crippen LogP contribution in [0.5, 0.6) is 0 Å². The molecule has 0 unspecified atom stereocenters. The molecule has 0 radical (unpaired) electrons. The van der Waals surface area contributed by atoms with Crippen molar-refractivity contribution in [3.05, 3.63) is 76.4 Å². The van der Waals surface area contributed by atoms with Gasteiger partial charge in [-0.3, -0.25) is 9.20 Å². The summed E-state index contributed by atoms with van der Waals surface area (Å²) >= 11 is 1.30. The summed E-state index contributed by atoms with van der Waals surface area (Å²) in [5.74, 6) is -0.107. The van der Waals surface area contributed by atoms with Gasteiger partial charge in [0.2, 0.25) is 0 Å². The highest BCUT2D eigenvalue weighted by Crippen LogP contribution is 2.30. The molecule has 0 aliphatic heterocycles. The Balaban J connectivity index is 1.56. The standard InChI is InChI=1S/C19H13F3N4OS/c20-19(21,22)13-6-7-15-24-25-16(26(15)11-13)10-23-18(27)17-14(8-9-28-17)12-4-2-1-3-5-12/h1-9,11H,10H2,(H,23,27). The van der Waals surface area contributed by atoms with Gasteiger partial charge in [0.05, 0.1) is 17.0 Å². The summed E-state index contributed by atoms with van der Waals surface area (Å²) in [6.45, 7) is -0.0482. The second-order valence-electron chi connectivity index (χ2n) is 5.97. The van der Waals surface area contributed by atoms with Crippen LogP contribution in [0.25, 0.3) is 16.8 Å². The van der Waals surface area contributed by atoms with E-state index in [1.807, 2.05) is 41.8 Å². The fraction of sp³-hybridized carbons (Fsp3) is 0.105. The lowest BCUT2D eigenvalue weighted by molar-refractivity contribution is -0.137. The van der Waals surface area contributed by atoms with Crippen molar-refractivity contribution in [1.29, 1.82) is 0 Å². The molecule has 0 aliphatic carbocycles. The highest BCUT2D eigenvalue weighted by Gasteiger charge is 2.31. The van der Waals surface area contributed by atoms with Gasteiger partial charge in [-0.05, 0) is 29.1 Å². The first-order valence-electron chi connectivity index (χ1n) is 8.25. The number of thiophene rings is 1. The number of rotatable bonds is 4. The molecule has 28 heavy (non-hydrogen) atoms. The molecule has 1 aromatic carbocycles. The average molecular weight is 402 g/mol. The highest BCUT2D eigenvalue weighted by molar-refractivity contribution is 7.12. The van der Waals surface area contributed by atoms with E-state index in [0.29, 0.717) is 4.88 Å². The number of hydrogen-bond acceptors (Lipinski definition) is 4. The molecule has 0 aliphatic rings. The monoisotopic (exact) mass is 402 g/mol. The molecule has 3 aromatic heterocycles. The summed E-state index contributed by atoms with van der Waals surface area (Å²) in [4.78, 5) is 13.1. The number of pyridine rings is 1. The summed E-state index contributed by atoms with van der Waals surface area (Å²) < 4.78 is 40.0. The van der Waals surface area contributed by atoms with Crippen LogP contribution in [0.4, 0.5) is 13.2 Å². The topological polar surface area (TPSA) is 59.3 Å². The first kappa shape index (κ1) is 18.2. The number of aromatic nitrogens is 3. The van der Waals surface area contributed by atoms with Crippen LogP contribution in [0.3, 0.4) is 0 Å². The lowest BCUT2D eigenvalue weighted by Gasteiger charge is -2.08. The molecule has 1 N–H and O–H groups in total. The Kier molecular flexibility index (Phi) is 4.60. The maximum Gasteiger partial charge on any atom is 0.417 e. The van der Waals surface area contributed by atoms with Gasteiger partial charge in [-0.2, -0.15) is 13.2 Å². The quantitative estimate of drug-likeness (QED) is 0.550. The van der Waals surface area contributed by atoms with E-state index in [4.69, 9.17) is 0 Å². The SMILES string of the molecule is O=C(NCc1nnc2ccc(C(F)(F)F)cn12)c1sccc1-c1ccccc1. The highest BCUT2D eigenvalue weighted by atomic mass is 32.1. The summed E-state index contributed by atoms with van der Waals surface area (Å²) in [6, 6.07) is 13.5. The van der Waals surface area contributed by atoms with Crippen LogP contribution in [-0.4, -0.2) is 20.5 Å². The van der Waals surface area contributed by atoms with Gasteiger partial charge in [0.15, 0.2) is 11.5 Å². The van der Waals surface area contributed by atoms with Gasteiger partial charge in [-0.1, -0.05) is 30.3 Å². The maximum absolute atomic E-state index is 12.9. The number of nitrogens with one attached hydrogen (secondary N) is 1. The van der Waals surface area contributed by atoms with Crippen molar-refractivity contribution in [2.75, 3.05) is 0 Å². The third-order valence-corrected chi connectivity index (χ3v) is 5.08. The van der Waals surface area contributed by atoms with Gasteiger partial charge in [0.1, 0.15) is 0 Å². The van der Waals surface area contributed by atoms with E-state index in [0.717, 1.165) is 23.4 Å². The predicted molar refractivity (Wildman–Crippen MR) is 98.9 cm³/mol. The Morgan fingerprint density at radius 3 is 2.61 bits per heavy atom. The number of nitrogens with zero attached hydrogens (tertiary/aromatic N) is 3. The molecule has 9 heteroatoms. The number of carbonyl (C=O) groups is 1. The molecule has 4 rings (SSSR count). The van der Waals surface area contributed by atoms with Gasteiger partial charge in [-0.15, -0.1) is 21.5 Å². The molecular formula is C19H13F3N4OS. The normalized spacial score (nSPS) is 11.7. The maximum atomic E-state index is 12.9. The molecule has 0 spiro atoms. The summed E-state index contributed by atoms with van der Waals surface area (Å²) in [6.07, 6.45) is -3.54. The smallest absolute Gasteiger partial charge is 0.344 e. The number of halogens is 3. The minimum Gasteiger partial charge on any atom is -0.344 e. The van der Waals surface area contributed by atoms with Crippen molar-refractivity contribution < 1.29 is 18.0 Å². The minimum atomic E-state index is -4.47. The lowest BCUT2D eigenvalue weighted by atomic mass is 10.1. The van der Waals surface area contributed by atoms with Gasteiger partial charge in [0, 0.05) is 11.8 Å². The van der Waals surface area contributed by atoms with E-state index in [-0.39, 0.29) is 23.9 Å². The molecular weight excluding hydrogens is 389 g/mol. The van der Waals surface area contributed by atoms with Crippen molar-refractivity contribution >= 4 is 22.9 Å². The lowest BCUT2D eigenvalue weighted by Crippen LogP contribution is -2.23. The fourth-order valence-corrected chi connectivity index (χ4v) is 3.63. The van der Waals surface area contributed by atoms with Crippen molar-refractivity contribution in [2.45, 2.75) is 12.7 Å². The molecule has 0 saturated carbocycles. The Morgan fingerprint density at radius 2 is 1.86 bits per heavy atom. The largest absolute Gasteiger partial charge is 0.417 e. The van der Waals surface area contributed by atoms with Crippen LogP contribution < -0.4 is 5.32 Å². The molecule has 0 fully saturated rings. The second-order valence-corrected chi connectivity index (χ2v) is 6.89. The van der Waals surface area contributed by atoms with Gasteiger partial charge < -0.3 is 5.32 Å². The Labute approximate surface area is 161 Å². The molecule has 1 amide bonds. The Morgan fingerprint density at radius 1 is 1.07 bits per heavy atom. The van der Waals surface area contributed by atoms with Crippen molar-refractivity contribution in [2.24, 2.45) is 0 Å². The molecule has 0 atom stereocenters. The predicted octanol–water partition coefficient (Wildman–Crippen LogP) is 4.41. The molecule has 0 saturated heterocycles. The van der Waals surface area contributed by atoms with Crippen molar-refractivity contribution in [3.63, 3.8) is 0 Å². The van der Waals surface area contributed by atoms with E-state index in [9.17, 15) is 18.0 Å². The first-order chi connectivity index (χ1) is 13.4. The third-order valence-electron chi connectivity index (χ3n) is 4.16. The average Bonchev–Trinajstić information content (AvgIpc) is 3.33. The zero-order valence-electron chi connectivity index (χ0n) is 14.3. The van der Waals surface area contributed by atoms with Crippen molar-refractivity contribution in [1.82, 2.24) is 19.9 Å². The summed E-state index contributed by atoms with van der Waals surface area (Å²) in [7, 11) is 0. The third kappa shape index (κ3) is 3.48. The van der Waals surface area contributed by atoms with Crippen LogP contribution in [0.1, 0.15) is 21.1 Å². The molecule has 4 aromatic rings. The minimum absolute atomic E-state index is 0.0482. The number of amides is 1. The van der Waals surface area contributed by atoms with Crippen LogP contribution in [0.2, 0.25) is 0 Å². The number of benzene rings is 1. The fourth-order valence-electron chi connectivity index (χ4n) is 2.80. The van der Waals surface area contributed by atoms with E-state index >= 15 is 0 Å². The molecule has 0 bridgehead atoms. The van der Waals surface area contributed by atoms with Crippen LogP contribution >= 0.6 is 11.3 Å². The van der Waals surface area contributed by atoms with Gasteiger partial charge in [-0.25, -0.2) is 0 Å². The molecule has 3 heterocycles. The first-order valence-corrected chi connectivity index (χ1v) is 9.13. The number of hydrogen-bond donors (Lipinski definition) is 1. The Hall–Kier alpha value is -3.20. The summed E-state index contributed by atoms with van der Waals surface area (Å²) in [5, 5.41) is 12.3. The van der Waals surface area contributed by atoms with E-state index in [2.05, 4.69) is 15.5 Å².